The van der Waals surface area contributed by atoms with Gasteiger partial charge in [0.05, 0.1) is 5.41 Å². The van der Waals surface area contributed by atoms with Gasteiger partial charge in [-0.05, 0) is 43.9 Å². The fraction of sp³-hybridized carbons (Fsp3) is 0.462. The first-order chi connectivity index (χ1) is 7.59. The van der Waals surface area contributed by atoms with Crippen LogP contribution in [0.4, 0.5) is 5.69 Å². The van der Waals surface area contributed by atoms with Crippen molar-refractivity contribution in [3.63, 3.8) is 0 Å². The lowest BCUT2D eigenvalue weighted by Gasteiger charge is -2.15. The Morgan fingerprint density at radius 2 is 2.12 bits per heavy atom. The van der Waals surface area contributed by atoms with Crippen molar-refractivity contribution in [2.45, 2.75) is 26.7 Å². The third kappa shape index (κ3) is 1.83. The molecule has 1 aromatic rings. The molecule has 0 bridgehead atoms. The molecule has 0 spiro atoms. The molecule has 3 heteroatoms. The van der Waals surface area contributed by atoms with E-state index in [-0.39, 0.29) is 11.3 Å². The first kappa shape index (κ1) is 11.1. The monoisotopic (exact) mass is 218 g/mol. The molecule has 0 radical (unpaired) electrons. The van der Waals surface area contributed by atoms with Crippen molar-refractivity contribution in [3.05, 3.63) is 29.3 Å². The van der Waals surface area contributed by atoms with Crippen LogP contribution < -0.4 is 11.1 Å². The highest BCUT2D eigenvalue weighted by atomic mass is 16.2. The number of nitrogens with two attached hydrogens (primary N) is 1. The van der Waals surface area contributed by atoms with Gasteiger partial charge in [0.1, 0.15) is 0 Å². The highest BCUT2D eigenvalue weighted by Crippen LogP contribution is 2.45. The molecule has 0 saturated heterocycles. The summed E-state index contributed by atoms with van der Waals surface area (Å²) in [7, 11) is 0. The molecule has 1 fully saturated rings. The van der Waals surface area contributed by atoms with Gasteiger partial charge in [-0.25, -0.2) is 0 Å². The molecule has 0 aromatic heterocycles. The van der Waals surface area contributed by atoms with Crippen LogP contribution in [0.1, 0.15) is 24.0 Å². The molecule has 0 unspecified atom stereocenters. The quantitative estimate of drug-likeness (QED) is 0.815. The van der Waals surface area contributed by atoms with Crippen LogP contribution in [0, 0.1) is 19.3 Å². The summed E-state index contributed by atoms with van der Waals surface area (Å²) in [4.78, 5) is 12.0. The molecular weight excluding hydrogens is 200 g/mol. The highest BCUT2D eigenvalue weighted by Gasteiger charge is 2.48. The third-order valence-corrected chi connectivity index (χ3v) is 3.58. The number of nitrogens with one attached hydrogen (secondary N) is 1. The average Bonchev–Trinajstić information content (AvgIpc) is 3.05. The largest absolute Gasteiger partial charge is 0.329 e. The van der Waals surface area contributed by atoms with Gasteiger partial charge in [-0.3, -0.25) is 4.79 Å². The van der Waals surface area contributed by atoms with Crippen LogP contribution in [-0.4, -0.2) is 12.5 Å². The van der Waals surface area contributed by atoms with Crippen LogP contribution in [0.2, 0.25) is 0 Å². The number of benzene rings is 1. The SMILES string of the molecule is Cc1cccc(NC(=O)C2(CN)CC2)c1C. The maximum Gasteiger partial charge on any atom is 0.231 e. The standard InChI is InChI=1S/C13H18N2O/c1-9-4-3-5-11(10(9)2)15-12(16)13(8-14)6-7-13/h3-5H,6-8,14H2,1-2H3,(H,15,16). The Kier molecular flexibility index (Phi) is 2.72. The van der Waals surface area contributed by atoms with Crippen molar-refractivity contribution in [2.24, 2.45) is 11.1 Å². The van der Waals surface area contributed by atoms with E-state index in [9.17, 15) is 4.79 Å². The maximum absolute atomic E-state index is 12.0. The van der Waals surface area contributed by atoms with E-state index in [4.69, 9.17) is 5.73 Å². The number of hydrogen-bond acceptors (Lipinski definition) is 2. The van der Waals surface area contributed by atoms with Crippen molar-refractivity contribution in [2.75, 3.05) is 11.9 Å². The van der Waals surface area contributed by atoms with Crippen LogP contribution >= 0.6 is 0 Å². The lowest BCUT2D eigenvalue weighted by Crippen LogP contribution is -2.31. The lowest BCUT2D eigenvalue weighted by atomic mass is 10.0. The molecule has 1 aromatic carbocycles. The van der Waals surface area contributed by atoms with Gasteiger partial charge >= 0.3 is 0 Å². The summed E-state index contributed by atoms with van der Waals surface area (Å²) in [6.07, 6.45) is 1.83. The van der Waals surface area contributed by atoms with E-state index in [0.717, 1.165) is 24.1 Å². The average molecular weight is 218 g/mol. The van der Waals surface area contributed by atoms with Gasteiger partial charge in [0, 0.05) is 12.2 Å². The van der Waals surface area contributed by atoms with E-state index < -0.39 is 0 Å². The van der Waals surface area contributed by atoms with E-state index in [1.807, 2.05) is 32.0 Å². The zero-order chi connectivity index (χ0) is 11.8. The Labute approximate surface area is 96.0 Å². The summed E-state index contributed by atoms with van der Waals surface area (Å²) in [6, 6.07) is 5.94. The minimum absolute atomic E-state index is 0.0729. The second kappa shape index (κ2) is 3.91. The molecule has 0 heterocycles. The fourth-order valence-corrected chi connectivity index (χ4v) is 1.82. The number of hydrogen-bond donors (Lipinski definition) is 2. The predicted molar refractivity (Wildman–Crippen MR) is 65.3 cm³/mol. The van der Waals surface area contributed by atoms with Crippen LogP contribution in [0.15, 0.2) is 18.2 Å². The molecule has 1 saturated carbocycles. The number of aryl methyl sites for hydroxylation is 1. The summed E-state index contributed by atoms with van der Waals surface area (Å²) < 4.78 is 0. The summed E-state index contributed by atoms with van der Waals surface area (Å²) in [5.74, 6) is 0.0729. The van der Waals surface area contributed by atoms with Crippen molar-refractivity contribution < 1.29 is 4.79 Å². The Bertz CT molecular complexity index is 422. The molecule has 3 N–H and O–H groups in total. The predicted octanol–water partition coefficient (Wildman–Crippen LogP) is 1.98. The van der Waals surface area contributed by atoms with Gasteiger partial charge in [-0.2, -0.15) is 0 Å². The Morgan fingerprint density at radius 1 is 1.44 bits per heavy atom. The van der Waals surface area contributed by atoms with Gasteiger partial charge < -0.3 is 11.1 Å². The fourth-order valence-electron chi connectivity index (χ4n) is 1.82. The number of carbonyl (C=O) groups is 1. The minimum atomic E-state index is -0.282. The van der Waals surface area contributed by atoms with Crippen molar-refractivity contribution in [3.8, 4) is 0 Å². The second-order valence-electron chi connectivity index (χ2n) is 4.69. The number of amides is 1. The van der Waals surface area contributed by atoms with E-state index in [2.05, 4.69) is 5.32 Å². The van der Waals surface area contributed by atoms with Crippen LogP contribution in [0.25, 0.3) is 0 Å². The van der Waals surface area contributed by atoms with Crippen LogP contribution in [0.3, 0.4) is 0 Å². The molecule has 16 heavy (non-hydrogen) atoms. The number of carbonyl (C=O) groups excluding carboxylic acids is 1. The molecule has 3 nitrogen and oxygen atoms in total. The second-order valence-corrected chi connectivity index (χ2v) is 4.69. The number of anilines is 1. The normalized spacial score (nSPS) is 16.9. The lowest BCUT2D eigenvalue weighted by molar-refractivity contribution is -0.120. The number of rotatable bonds is 3. The first-order valence-electron chi connectivity index (χ1n) is 5.67. The van der Waals surface area contributed by atoms with Crippen molar-refractivity contribution in [1.29, 1.82) is 0 Å². The zero-order valence-electron chi connectivity index (χ0n) is 9.84. The van der Waals surface area contributed by atoms with E-state index in [1.165, 1.54) is 5.56 Å². The molecular formula is C13H18N2O. The van der Waals surface area contributed by atoms with Crippen molar-refractivity contribution >= 4 is 11.6 Å². The summed E-state index contributed by atoms with van der Waals surface area (Å²) in [5.41, 5.74) is 8.57. The molecule has 0 aliphatic heterocycles. The topological polar surface area (TPSA) is 55.1 Å². The van der Waals surface area contributed by atoms with Gasteiger partial charge in [-0.1, -0.05) is 12.1 Å². The Morgan fingerprint density at radius 3 is 2.69 bits per heavy atom. The molecule has 0 atom stereocenters. The summed E-state index contributed by atoms with van der Waals surface area (Å²) in [5, 5.41) is 2.99. The van der Waals surface area contributed by atoms with E-state index >= 15 is 0 Å². The summed E-state index contributed by atoms with van der Waals surface area (Å²) >= 11 is 0. The zero-order valence-corrected chi connectivity index (χ0v) is 9.84. The molecule has 1 amide bonds. The van der Waals surface area contributed by atoms with E-state index in [1.54, 1.807) is 0 Å². The van der Waals surface area contributed by atoms with Crippen molar-refractivity contribution in [1.82, 2.24) is 0 Å². The van der Waals surface area contributed by atoms with Crippen LogP contribution in [-0.2, 0) is 4.79 Å². The first-order valence-corrected chi connectivity index (χ1v) is 5.67. The van der Waals surface area contributed by atoms with Gasteiger partial charge in [-0.15, -0.1) is 0 Å². The molecule has 1 aliphatic rings. The summed E-state index contributed by atoms with van der Waals surface area (Å²) in [6.45, 7) is 4.51. The Balaban J connectivity index is 2.15. The molecule has 2 rings (SSSR count). The van der Waals surface area contributed by atoms with Crippen LogP contribution in [0.5, 0.6) is 0 Å². The maximum atomic E-state index is 12.0. The van der Waals surface area contributed by atoms with Gasteiger partial charge in [0.25, 0.3) is 0 Å². The smallest absolute Gasteiger partial charge is 0.231 e. The molecule has 86 valence electrons. The van der Waals surface area contributed by atoms with Gasteiger partial charge in [0.15, 0.2) is 0 Å². The highest BCUT2D eigenvalue weighted by molar-refractivity contribution is 5.98. The third-order valence-electron chi connectivity index (χ3n) is 3.58. The van der Waals surface area contributed by atoms with E-state index in [0.29, 0.717) is 6.54 Å². The Hall–Kier alpha value is -1.35. The molecule has 1 aliphatic carbocycles. The minimum Gasteiger partial charge on any atom is -0.329 e. The van der Waals surface area contributed by atoms with Gasteiger partial charge in [0.2, 0.25) is 5.91 Å².